The van der Waals surface area contributed by atoms with E-state index < -0.39 is 5.97 Å². The van der Waals surface area contributed by atoms with Crippen molar-refractivity contribution < 1.29 is 23.5 Å². The Bertz CT molecular complexity index is 598. The molecule has 0 aromatic carbocycles. The number of esters is 1. The quantitative estimate of drug-likeness (QED) is 0.769. The number of amides is 1. The minimum atomic E-state index is -0.453. The summed E-state index contributed by atoms with van der Waals surface area (Å²) in [5.74, 6) is 0.672. The molecule has 0 saturated carbocycles. The molecule has 132 valence electrons. The van der Waals surface area contributed by atoms with Crippen LogP contribution in [-0.4, -0.2) is 67.7 Å². The molecule has 7 nitrogen and oxygen atoms in total. The fourth-order valence-electron chi connectivity index (χ4n) is 3.24. The number of nitrogens with zero attached hydrogens (tertiary/aromatic N) is 2. The van der Waals surface area contributed by atoms with Gasteiger partial charge in [-0.3, -0.25) is 9.69 Å². The van der Waals surface area contributed by atoms with Crippen molar-refractivity contribution >= 4 is 11.9 Å². The third kappa shape index (κ3) is 3.62. The molecule has 3 rings (SSSR count). The van der Waals surface area contributed by atoms with Crippen LogP contribution in [0.1, 0.15) is 34.7 Å². The van der Waals surface area contributed by atoms with Gasteiger partial charge >= 0.3 is 5.97 Å². The van der Waals surface area contributed by atoms with E-state index in [0.29, 0.717) is 26.2 Å². The van der Waals surface area contributed by atoms with Gasteiger partial charge in [-0.1, -0.05) is 0 Å². The number of carbonyl (C=O) groups excluding carboxylic acids is 2. The maximum Gasteiger partial charge on any atom is 0.374 e. The molecule has 2 aliphatic rings. The Hall–Kier alpha value is -1.86. The third-order valence-corrected chi connectivity index (χ3v) is 4.61. The fourth-order valence-corrected chi connectivity index (χ4v) is 3.24. The van der Waals surface area contributed by atoms with Gasteiger partial charge < -0.3 is 18.8 Å². The highest BCUT2D eigenvalue weighted by molar-refractivity contribution is 5.87. The van der Waals surface area contributed by atoms with Crippen LogP contribution in [-0.2, 0) is 20.8 Å². The Kier molecular flexibility index (Phi) is 5.20. The molecule has 2 fully saturated rings. The summed E-state index contributed by atoms with van der Waals surface area (Å²) in [5.41, 5.74) is 0.782. The summed E-state index contributed by atoms with van der Waals surface area (Å²) in [7, 11) is 1.34. The average molecular weight is 336 g/mol. The number of piperazine rings is 1. The van der Waals surface area contributed by atoms with E-state index in [-0.39, 0.29) is 17.8 Å². The molecule has 2 aliphatic heterocycles. The van der Waals surface area contributed by atoms with Crippen molar-refractivity contribution in [2.24, 2.45) is 0 Å². The van der Waals surface area contributed by atoms with Gasteiger partial charge in [0, 0.05) is 38.3 Å². The van der Waals surface area contributed by atoms with E-state index >= 15 is 0 Å². The molecular formula is C17H24N2O5. The van der Waals surface area contributed by atoms with E-state index in [1.54, 1.807) is 0 Å². The Morgan fingerprint density at radius 1 is 1.29 bits per heavy atom. The smallest absolute Gasteiger partial charge is 0.374 e. The summed E-state index contributed by atoms with van der Waals surface area (Å²) in [6.07, 6.45) is 1.56. The first kappa shape index (κ1) is 17.0. The molecule has 3 heterocycles. The molecule has 1 amide bonds. The van der Waals surface area contributed by atoms with Crippen LogP contribution in [0.4, 0.5) is 0 Å². The van der Waals surface area contributed by atoms with Crippen LogP contribution >= 0.6 is 0 Å². The lowest BCUT2D eigenvalue weighted by molar-refractivity contribution is -0.142. The molecule has 7 heteroatoms. The minimum absolute atomic E-state index is 0.119. The zero-order chi connectivity index (χ0) is 17.1. The highest BCUT2D eigenvalue weighted by Gasteiger charge is 2.30. The van der Waals surface area contributed by atoms with Gasteiger partial charge in [-0.25, -0.2) is 4.79 Å². The minimum Gasteiger partial charge on any atom is -0.463 e. The summed E-state index contributed by atoms with van der Waals surface area (Å²) in [6, 6.07) is 1.87. The van der Waals surface area contributed by atoms with Gasteiger partial charge in [0.05, 0.1) is 13.7 Å². The van der Waals surface area contributed by atoms with Crippen molar-refractivity contribution in [3.05, 3.63) is 23.2 Å². The van der Waals surface area contributed by atoms with E-state index in [9.17, 15) is 9.59 Å². The first-order valence-electron chi connectivity index (χ1n) is 8.39. The number of furan rings is 1. The second kappa shape index (κ2) is 7.36. The van der Waals surface area contributed by atoms with Crippen LogP contribution < -0.4 is 0 Å². The number of aryl methyl sites for hydroxylation is 1. The lowest BCUT2D eigenvalue weighted by Crippen LogP contribution is -2.51. The van der Waals surface area contributed by atoms with E-state index in [1.165, 1.54) is 7.11 Å². The molecule has 1 aromatic heterocycles. The van der Waals surface area contributed by atoms with Gasteiger partial charge in [0.2, 0.25) is 5.76 Å². The molecule has 1 aromatic rings. The first-order valence-corrected chi connectivity index (χ1v) is 8.39. The van der Waals surface area contributed by atoms with E-state index in [4.69, 9.17) is 13.9 Å². The SMILES string of the molecule is COC(=O)c1oc(CN2CCN(C(=O)[C@@H]3CCCO3)CC2)cc1C. The van der Waals surface area contributed by atoms with Crippen LogP contribution in [0.5, 0.6) is 0 Å². The Morgan fingerprint density at radius 2 is 2.04 bits per heavy atom. The number of carbonyl (C=O) groups is 2. The summed E-state index contributed by atoms with van der Waals surface area (Å²) in [5, 5.41) is 0. The van der Waals surface area contributed by atoms with Crippen molar-refractivity contribution in [1.29, 1.82) is 0 Å². The maximum absolute atomic E-state index is 12.3. The first-order chi connectivity index (χ1) is 11.6. The van der Waals surface area contributed by atoms with Crippen molar-refractivity contribution in [3.8, 4) is 0 Å². The molecule has 24 heavy (non-hydrogen) atoms. The molecule has 0 radical (unpaired) electrons. The summed E-state index contributed by atoms with van der Waals surface area (Å²) < 4.78 is 15.8. The third-order valence-electron chi connectivity index (χ3n) is 4.61. The van der Waals surface area contributed by atoms with Crippen LogP contribution in [0.15, 0.2) is 10.5 Å². The number of hydrogen-bond donors (Lipinski definition) is 0. The van der Waals surface area contributed by atoms with Crippen LogP contribution in [0.3, 0.4) is 0 Å². The maximum atomic E-state index is 12.3. The van der Waals surface area contributed by atoms with Crippen molar-refractivity contribution in [3.63, 3.8) is 0 Å². The lowest BCUT2D eigenvalue weighted by Gasteiger charge is -2.35. The molecular weight excluding hydrogens is 312 g/mol. The number of ether oxygens (including phenoxy) is 2. The Morgan fingerprint density at radius 3 is 2.67 bits per heavy atom. The topological polar surface area (TPSA) is 72.2 Å². The van der Waals surface area contributed by atoms with Crippen LogP contribution in [0.2, 0.25) is 0 Å². The molecule has 0 spiro atoms. The van der Waals surface area contributed by atoms with Crippen molar-refractivity contribution in [2.45, 2.75) is 32.4 Å². The fraction of sp³-hybridized carbons (Fsp3) is 0.647. The summed E-state index contributed by atoms with van der Waals surface area (Å²) in [4.78, 5) is 28.0. The molecule has 1 atom stereocenters. The summed E-state index contributed by atoms with van der Waals surface area (Å²) >= 11 is 0. The van der Waals surface area contributed by atoms with E-state index in [2.05, 4.69) is 4.90 Å². The van der Waals surface area contributed by atoms with Crippen LogP contribution in [0.25, 0.3) is 0 Å². The van der Waals surface area contributed by atoms with Gasteiger partial charge in [-0.15, -0.1) is 0 Å². The van der Waals surface area contributed by atoms with E-state index in [1.807, 2.05) is 17.9 Å². The zero-order valence-electron chi connectivity index (χ0n) is 14.2. The van der Waals surface area contributed by atoms with Crippen LogP contribution in [0, 0.1) is 6.92 Å². The summed E-state index contributed by atoms with van der Waals surface area (Å²) in [6.45, 7) is 6.11. The normalized spacial score (nSPS) is 21.9. The highest BCUT2D eigenvalue weighted by Crippen LogP contribution is 2.19. The largest absolute Gasteiger partial charge is 0.463 e. The van der Waals surface area contributed by atoms with Crippen molar-refractivity contribution in [2.75, 3.05) is 39.9 Å². The second-order valence-corrected chi connectivity index (χ2v) is 6.32. The van der Waals surface area contributed by atoms with Gasteiger partial charge in [-0.05, 0) is 25.8 Å². The highest BCUT2D eigenvalue weighted by atomic mass is 16.5. The Balaban J connectivity index is 1.52. The van der Waals surface area contributed by atoms with Gasteiger partial charge in [0.15, 0.2) is 0 Å². The molecule has 2 saturated heterocycles. The monoisotopic (exact) mass is 336 g/mol. The number of methoxy groups -OCH3 is 1. The lowest BCUT2D eigenvalue weighted by atomic mass is 10.2. The number of rotatable bonds is 4. The second-order valence-electron chi connectivity index (χ2n) is 6.32. The van der Waals surface area contributed by atoms with Gasteiger partial charge in [0.1, 0.15) is 11.9 Å². The number of hydrogen-bond acceptors (Lipinski definition) is 6. The predicted octanol–water partition coefficient (Wildman–Crippen LogP) is 1.20. The standard InChI is InChI=1S/C17H24N2O5/c1-12-10-13(24-15(12)17(21)22-2)11-18-5-7-19(8-6-18)16(20)14-4-3-9-23-14/h10,14H,3-9,11H2,1-2H3/t14-/m0/s1. The van der Waals surface area contributed by atoms with Crippen molar-refractivity contribution in [1.82, 2.24) is 9.80 Å². The van der Waals surface area contributed by atoms with E-state index in [0.717, 1.165) is 37.3 Å². The molecule has 0 aliphatic carbocycles. The van der Waals surface area contributed by atoms with Gasteiger partial charge in [-0.2, -0.15) is 0 Å². The average Bonchev–Trinajstić information content (AvgIpc) is 3.24. The molecule has 0 unspecified atom stereocenters. The Labute approximate surface area is 141 Å². The molecule has 0 N–H and O–H groups in total. The zero-order valence-corrected chi connectivity index (χ0v) is 14.2. The molecule has 0 bridgehead atoms. The predicted molar refractivity (Wildman–Crippen MR) is 85.6 cm³/mol. The van der Waals surface area contributed by atoms with Gasteiger partial charge in [0.25, 0.3) is 5.91 Å².